The minimum Gasteiger partial charge on any atom is -0.368 e. The van der Waals surface area contributed by atoms with Crippen LogP contribution in [-0.4, -0.2) is 15.0 Å². The summed E-state index contributed by atoms with van der Waals surface area (Å²) in [4.78, 5) is 12.6. The molecule has 2 aromatic rings. The van der Waals surface area contributed by atoms with Crippen molar-refractivity contribution in [2.24, 2.45) is 0 Å². The summed E-state index contributed by atoms with van der Waals surface area (Å²) in [5.74, 6) is 6.18. The Bertz CT molecular complexity index is 651. The minimum absolute atomic E-state index is 0.263. The number of rotatable bonds is 1. The first-order valence-corrected chi connectivity index (χ1v) is 5.61. The van der Waals surface area contributed by atoms with Crippen molar-refractivity contribution in [2.75, 3.05) is 5.73 Å². The molecule has 0 spiro atoms. The monoisotopic (exact) mass is 238 g/mol. The van der Waals surface area contributed by atoms with Gasteiger partial charge in [-0.05, 0) is 32.9 Å². The molecule has 2 heterocycles. The number of nitrogens with two attached hydrogens (primary N) is 1. The van der Waals surface area contributed by atoms with E-state index in [-0.39, 0.29) is 5.95 Å². The van der Waals surface area contributed by atoms with Crippen LogP contribution in [0.2, 0.25) is 0 Å². The van der Waals surface area contributed by atoms with E-state index >= 15 is 0 Å². The minimum atomic E-state index is 0.263. The molecule has 4 nitrogen and oxygen atoms in total. The molecular formula is C14H14N4. The molecule has 0 aromatic carbocycles. The molecule has 0 aliphatic rings. The summed E-state index contributed by atoms with van der Waals surface area (Å²) >= 11 is 0. The number of pyridine rings is 1. The van der Waals surface area contributed by atoms with Gasteiger partial charge in [-0.25, -0.2) is 9.97 Å². The molecule has 2 aromatic heterocycles. The zero-order valence-corrected chi connectivity index (χ0v) is 10.7. The van der Waals surface area contributed by atoms with Crippen LogP contribution in [0.15, 0.2) is 18.3 Å². The molecule has 0 unspecified atom stereocenters. The maximum Gasteiger partial charge on any atom is 0.220 e. The van der Waals surface area contributed by atoms with E-state index in [0.29, 0.717) is 0 Å². The quantitative estimate of drug-likeness (QED) is 0.773. The molecule has 0 bridgehead atoms. The van der Waals surface area contributed by atoms with Crippen LogP contribution in [0.1, 0.15) is 23.9 Å². The number of nitrogen functional groups attached to an aromatic ring is 1. The molecular weight excluding hydrogens is 224 g/mol. The molecule has 0 aliphatic heterocycles. The fourth-order valence-corrected chi connectivity index (χ4v) is 1.77. The van der Waals surface area contributed by atoms with Crippen LogP contribution in [0.5, 0.6) is 0 Å². The van der Waals surface area contributed by atoms with Gasteiger partial charge in [0, 0.05) is 17.5 Å². The van der Waals surface area contributed by atoms with Crippen LogP contribution < -0.4 is 5.73 Å². The summed E-state index contributed by atoms with van der Waals surface area (Å²) < 4.78 is 0. The predicted octanol–water partition coefficient (Wildman–Crippen LogP) is 2.11. The van der Waals surface area contributed by atoms with Gasteiger partial charge in [0.25, 0.3) is 0 Å². The Morgan fingerprint density at radius 1 is 1.22 bits per heavy atom. The molecule has 18 heavy (non-hydrogen) atoms. The van der Waals surface area contributed by atoms with Crippen molar-refractivity contribution in [1.82, 2.24) is 15.0 Å². The summed E-state index contributed by atoms with van der Waals surface area (Å²) in [5, 5.41) is 0. The third-order valence-corrected chi connectivity index (χ3v) is 2.53. The van der Waals surface area contributed by atoms with E-state index in [2.05, 4.69) is 26.8 Å². The second kappa shape index (κ2) is 4.84. The van der Waals surface area contributed by atoms with Gasteiger partial charge < -0.3 is 5.73 Å². The van der Waals surface area contributed by atoms with E-state index in [9.17, 15) is 0 Å². The van der Waals surface area contributed by atoms with Crippen molar-refractivity contribution in [2.45, 2.75) is 20.8 Å². The van der Waals surface area contributed by atoms with Gasteiger partial charge in [-0.15, -0.1) is 5.92 Å². The lowest BCUT2D eigenvalue weighted by Crippen LogP contribution is -2.03. The molecule has 4 heteroatoms. The normalized spacial score (nSPS) is 9.72. The number of aryl methyl sites for hydroxylation is 2. The number of anilines is 1. The Morgan fingerprint density at radius 3 is 2.67 bits per heavy atom. The molecule has 0 saturated heterocycles. The fraction of sp³-hybridized carbons (Fsp3) is 0.214. The molecule has 0 saturated carbocycles. The molecule has 0 amide bonds. The highest BCUT2D eigenvalue weighted by molar-refractivity contribution is 5.69. The summed E-state index contributed by atoms with van der Waals surface area (Å²) in [6.07, 6.45) is 1.75. The molecule has 0 atom stereocenters. The Morgan fingerprint density at radius 2 is 2.00 bits per heavy atom. The van der Waals surface area contributed by atoms with Gasteiger partial charge in [-0.3, -0.25) is 4.98 Å². The molecule has 90 valence electrons. The van der Waals surface area contributed by atoms with Gasteiger partial charge in [-0.2, -0.15) is 0 Å². The first kappa shape index (κ1) is 12.1. The third-order valence-electron chi connectivity index (χ3n) is 2.53. The zero-order chi connectivity index (χ0) is 13.1. The lowest BCUT2D eigenvalue weighted by Gasteiger charge is -2.08. The first-order chi connectivity index (χ1) is 8.61. The summed E-state index contributed by atoms with van der Waals surface area (Å²) in [6, 6.07) is 3.86. The largest absolute Gasteiger partial charge is 0.368 e. The van der Waals surface area contributed by atoms with Crippen molar-refractivity contribution in [3.8, 4) is 23.1 Å². The van der Waals surface area contributed by atoms with Gasteiger partial charge >= 0.3 is 0 Å². The van der Waals surface area contributed by atoms with Gasteiger partial charge in [0.05, 0.1) is 17.0 Å². The van der Waals surface area contributed by atoms with E-state index < -0.39 is 0 Å². The number of aromatic nitrogens is 3. The van der Waals surface area contributed by atoms with E-state index in [1.807, 2.05) is 26.0 Å². The summed E-state index contributed by atoms with van der Waals surface area (Å²) in [5.41, 5.74) is 9.97. The van der Waals surface area contributed by atoms with Crippen LogP contribution in [0.4, 0.5) is 5.95 Å². The second-order valence-corrected chi connectivity index (χ2v) is 3.95. The average Bonchev–Trinajstić information content (AvgIpc) is 2.32. The summed E-state index contributed by atoms with van der Waals surface area (Å²) in [7, 11) is 0. The Hall–Kier alpha value is -2.41. The highest BCUT2D eigenvalue weighted by Gasteiger charge is 2.11. The summed E-state index contributed by atoms with van der Waals surface area (Å²) in [6.45, 7) is 5.61. The van der Waals surface area contributed by atoms with Crippen LogP contribution in [0.25, 0.3) is 11.3 Å². The molecule has 0 aliphatic carbocycles. The zero-order valence-electron chi connectivity index (χ0n) is 10.7. The van der Waals surface area contributed by atoms with Crippen molar-refractivity contribution in [1.29, 1.82) is 0 Å². The average molecular weight is 238 g/mol. The van der Waals surface area contributed by atoms with Gasteiger partial charge in [0.1, 0.15) is 0 Å². The maximum absolute atomic E-state index is 5.71. The molecule has 0 radical (unpaired) electrons. The van der Waals surface area contributed by atoms with Crippen LogP contribution in [0, 0.1) is 25.7 Å². The van der Waals surface area contributed by atoms with Gasteiger partial charge in [0.2, 0.25) is 5.95 Å². The predicted molar refractivity (Wildman–Crippen MR) is 71.7 cm³/mol. The van der Waals surface area contributed by atoms with Crippen LogP contribution in [-0.2, 0) is 0 Å². The fourth-order valence-electron chi connectivity index (χ4n) is 1.77. The smallest absolute Gasteiger partial charge is 0.220 e. The number of nitrogens with zero attached hydrogens (tertiary/aromatic N) is 3. The van der Waals surface area contributed by atoms with E-state index in [1.165, 1.54) is 0 Å². The SMILES string of the molecule is CC#Cc1c(C)nc(N)nc1-c1ccnc(C)c1. The third kappa shape index (κ3) is 2.30. The maximum atomic E-state index is 5.71. The van der Waals surface area contributed by atoms with Crippen LogP contribution in [0.3, 0.4) is 0 Å². The Labute approximate surface area is 106 Å². The highest BCUT2D eigenvalue weighted by Crippen LogP contribution is 2.23. The van der Waals surface area contributed by atoms with E-state index in [4.69, 9.17) is 5.73 Å². The van der Waals surface area contributed by atoms with E-state index in [1.54, 1.807) is 13.1 Å². The van der Waals surface area contributed by atoms with Gasteiger partial charge in [0.15, 0.2) is 0 Å². The van der Waals surface area contributed by atoms with Crippen molar-refractivity contribution >= 4 is 5.95 Å². The van der Waals surface area contributed by atoms with Crippen molar-refractivity contribution in [3.05, 3.63) is 35.3 Å². The lowest BCUT2D eigenvalue weighted by atomic mass is 10.1. The lowest BCUT2D eigenvalue weighted by molar-refractivity contribution is 1.10. The molecule has 2 N–H and O–H groups in total. The first-order valence-electron chi connectivity index (χ1n) is 5.61. The molecule has 2 rings (SSSR count). The van der Waals surface area contributed by atoms with Crippen molar-refractivity contribution < 1.29 is 0 Å². The topological polar surface area (TPSA) is 64.7 Å². The number of hydrogen-bond acceptors (Lipinski definition) is 4. The Balaban J connectivity index is 2.72. The van der Waals surface area contributed by atoms with Crippen molar-refractivity contribution in [3.63, 3.8) is 0 Å². The van der Waals surface area contributed by atoms with Gasteiger partial charge in [-0.1, -0.05) is 5.92 Å². The Kier molecular flexibility index (Phi) is 3.24. The standard InChI is InChI=1S/C14H14N4/c1-4-5-12-10(3)17-14(15)18-13(12)11-6-7-16-9(2)8-11/h6-8H,1-3H3,(H2,15,17,18). The second-order valence-electron chi connectivity index (χ2n) is 3.95. The van der Waals surface area contributed by atoms with E-state index in [0.717, 1.165) is 28.2 Å². The highest BCUT2D eigenvalue weighted by atomic mass is 15.0. The van der Waals surface area contributed by atoms with Crippen LogP contribution >= 0.6 is 0 Å². The molecule has 0 fully saturated rings. The number of hydrogen-bond donors (Lipinski definition) is 1.